The number of nitrogens with zero attached hydrogens (tertiary/aromatic N) is 2. The summed E-state index contributed by atoms with van der Waals surface area (Å²) in [5, 5.41) is 12.3. The average molecular weight is 259 g/mol. The minimum Gasteiger partial charge on any atom is -0.393 e. The maximum atomic E-state index is 9.11. The van der Waals surface area contributed by atoms with Gasteiger partial charge in [0.25, 0.3) is 0 Å². The van der Waals surface area contributed by atoms with Crippen molar-refractivity contribution in [3.05, 3.63) is 10.7 Å². The Bertz CT molecular complexity index is 340. The van der Waals surface area contributed by atoms with Gasteiger partial charge in [-0.1, -0.05) is 0 Å². The van der Waals surface area contributed by atoms with Gasteiger partial charge in [-0.3, -0.25) is 0 Å². The van der Waals surface area contributed by atoms with Gasteiger partial charge in [-0.05, 0) is 28.8 Å². The number of hydrogen-bond acceptors (Lipinski definition) is 5. The summed E-state index contributed by atoms with van der Waals surface area (Å²) in [5.74, 6) is 0.935. The van der Waals surface area contributed by atoms with Crippen LogP contribution < -0.4 is 11.1 Å². The number of nitrogens with one attached hydrogen (secondary N) is 1. The largest absolute Gasteiger partial charge is 0.393 e. The molecule has 1 heterocycles. The van der Waals surface area contributed by atoms with E-state index in [9.17, 15) is 0 Å². The summed E-state index contributed by atoms with van der Waals surface area (Å²) in [5.41, 5.74) is 5.46. The van der Waals surface area contributed by atoms with Gasteiger partial charge in [-0.25, -0.2) is 4.98 Å². The Morgan fingerprint density at radius 3 is 2.93 bits per heavy atom. The van der Waals surface area contributed by atoms with E-state index in [0.29, 0.717) is 5.82 Å². The van der Waals surface area contributed by atoms with Gasteiger partial charge < -0.3 is 16.2 Å². The van der Waals surface area contributed by atoms with Crippen LogP contribution in [0.2, 0.25) is 0 Å². The minimum atomic E-state index is -0.176. The fourth-order valence-electron chi connectivity index (χ4n) is 1.38. The van der Waals surface area contributed by atoms with E-state index in [2.05, 4.69) is 31.2 Å². The molecule has 1 aliphatic rings. The fourth-order valence-corrected chi connectivity index (χ4v) is 1.69. The van der Waals surface area contributed by atoms with Gasteiger partial charge in [0.05, 0.1) is 10.6 Å². The molecule has 0 amide bonds. The first-order valence-corrected chi connectivity index (χ1v) is 5.17. The lowest BCUT2D eigenvalue weighted by Crippen LogP contribution is -2.39. The molecule has 1 aromatic rings. The maximum absolute atomic E-state index is 9.11. The van der Waals surface area contributed by atoms with Crippen LogP contribution in [0.4, 0.5) is 11.8 Å². The van der Waals surface area contributed by atoms with E-state index in [1.807, 2.05) is 0 Å². The summed E-state index contributed by atoms with van der Waals surface area (Å²) in [7, 11) is 0. The van der Waals surface area contributed by atoms with Crippen molar-refractivity contribution in [2.75, 3.05) is 11.1 Å². The minimum absolute atomic E-state index is 0.176. The monoisotopic (exact) mass is 258 g/mol. The highest BCUT2D eigenvalue weighted by Gasteiger charge is 2.27. The predicted octanol–water partition coefficient (Wildman–Crippen LogP) is 0.756. The number of rotatable bonds is 2. The number of anilines is 2. The van der Waals surface area contributed by atoms with E-state index in [4.69, 9.17) is 10.8 Å². The molecule has 0 aromatic carbocycles. The number of aliphatic hydroxyl groups is 1. The van der Waals surface area contributed by atoms with E-state index in [1.54, 1.807) is 6.20 Å². The van der Waals surface area contributed by atoms with Crippen molar-refractivity contribution in [2.24, 2.45) is 0 Å². The maximum Gasteiger partial charge on any atom is 0.221 e. The Morgan fingerprint density at radius 1 is 1.57 bits per heavy atom. The molecular weight excluding hydrogens is 248 g/mol. The van der Waals surface area contributed by atoms with Gasteiger partial charge in [0.15, 0.2) is 0 Å². The third kappa shape index (κ3) is 1.96. The average Bonchev–Trinajstić information content (AvgIpc) is 2.09. The smallest absolute Gasteiger partial charge is 0.221 e. The number of nitrogens with two attached hydrogens (primary N) is 1. The third-order valence-electron chi connectivity index (χ3n) is 2.22. The van der Waals surface area contributed by atoms with E-state index in [1.165, 1.54) is 0 Å². The highest BCUT2D eigenvalue weighted by molar-refractivity contribution is 9.10. The molecule has 0 atom stereocenters. The van der Waals surface area contributed by atoms with Crippen LogP contribution in [0.25, 0.3) is 0 Å². The molecule has 14 heavy (non-hydrogen) atoms. The Morgan fingerprint density at radius 2 is 2.29 bits per heavy atom. The van der Waals surface area contributed by atoms with Crippen LogP contribution in [0, 0.1) is 0 Å². The second-order valence-electron chi connectivity index (χ2n) is 3.39. The van der Waals surface area contributed by atoms with Crippen LogP contribution >= 0.6 is 15.9 Å². The molecule has 2 rings (SSSR count). The zero-order valence-electron chi connectivity index (χ0n) is 7.44. The summed E-state index contributed by atoms with van der Waals surface area (Å²) in [6, 6.07) is 0.288. The third-order valence-corrected chi connectivity index (χ3v) is 2.80. The number of aliphatic hydroxyl groups excluding tert-OH is 1. The molecule has 0 aliphatic heterocycles. The first-order chi connectivity index (χ1) is 6.65. The molecule has 0 bridgehead atoms. The fraction of sp³-hybridized carbons (Fsp3) is 0.500. The summed E-state index contributed by atoms with van der Waals surface area (Å²) in [6.45, 7) is 0. The molecule has 6 heteroatoms. The first kappa shape index (κ1) is 9.67. The van der Waals surface area contributed by atoms with Crippen LogP contribution in [0.1, 0.15) is 12.8 Å². The van der Waals surface area contributed by atoms with Crippen molar-refractivity contribution < 1.29 is 5.11 Å². The number of nitrogen functional groups attached to an aromatic ring is 1. The molecule has 0 unspecified atom stereocenters. The molecule has 1 saturated carbocycles. The normalized spacial score (nSPS) is 25.6. The number of hydrogen-bond donors (Lipinski definition) is 3. The van der Waals surface area contributed by atoms with Crippen molar-refractivity contribution in [1.29, 1.82) is 0 Å². The van der Waals surface area contributed by atoms with Gasteiger partial charge in [-0.15, -0.1) is 0 Å². The Balaban J connectivity index is 2.05. The lowest BCUT2D eigenvalue weighted by molar-refractivity contribution is 0.0835. The van der Waals surface area contributed by atoms with Gasteiger partial charge in [-0.2, -0.15) is 4.98 Å². The van der Waals surface area contributed by atoms with E-state index < -0.39 is 0 Å². The van der Waals surface area contributed by atoms with Crippen molar-refractivity contribution in [2.45, 2.75) is 25.0 Å². The van der Waals surface area contributed by atoms with Gasteiger partial charge >= 0.3 is 0 Å². The molecule has 76 valence electrons. The second-order valence-corrected chi connectivity index (χ2v) is 4.25. The topological polar surface area (TPSA) is 84.1 Å². The van der Waals surface area contributed by atoms with Crippen LogP contribution in [0.3, 0.4) is 0 Å². The number of aromatic nitrogens is 2. The van der Waals surface area contributed by atoms with E-state index >= 15 is 0 Å². The van der Waals surface area contributed by atoms with Crippen molar-refractivity contribution in [3.63, 3.8) is 0 Å². The van der Waals surface area contributed by atoms with Crippen molar-refractivity contribution in [3.8, 4) is 0 Å². The molecule has 0 spiro atoms. The number of halogens is 1. The zero-order chi connectivity index (χ0) is 10.1. The molecule has 5 nitrogen and oxygen atoms in total. The van der Waals surface area contributed by atoms with Crippen LogP contribution in [0.5, 0.6) is 0 Å². The quantitative estimate of drug-likeness (QED) is 0.730. The molecular formula is C8H11BrN4O. The first-order valence-electron chi connectivity index (χ1n) is 4.38. The molecule has 0 saturated heterocycles. The summed E-state index contributed by atoms with van der Waals surface area (Å²) < 4.78 is 0.785. The van der Waals surface area contributed by atoms with E-state index in [-0.39, 0.29) is 18.1 Å². The zero-order valence-corrected chi connectivity index (χ0v) is 9.03. The molecule has 0 radical (unpaired) electrons. The van der Waals surface area contributed by atoms with Crippen LogP contribution in [0.15, 0.2) is 10.7 Å². The molecule has 1 fully saturated rings. The lowest BCUT2D eigenvalue weighted by atomic mass is 9.89. The highest BCUT2D eigenvalue weighted by Crippen LogP contribution is 2.26. The Kier molecular flexibility index (Phi) is 2.56. The van der Waals surface area contributed by atoms with Gasteiger partial charge in [0.2, 0.25) is 5.95 Å². The molecule has 1 aromatic heterocycles. The Hall–Kier alpha value is -0.880. The SMILES string of the molecule is Nc1ncc(Br)c(NC2CC(O)C2)n1. The molecule has 1 aliphatic carbocycles. The van der Waals surface area contributed by atoms with Crippen molar-refractivity contribution in [1.82, 2.24) is 9.97 Å². The van der Waals surface area contributed by atoms with E-state index in [0.717, 1.165) is 17.3 Å². The van der Waals surface area contributed by atoms with Crippen molar-refractivity contribution >= 4 is 27.7 Å². The van der Waals surface area contributed by atoms with Crippen LogP contribution in [-0.4, -0.2) is 27.2 Å². The predicted molar refractivity (Wildman–Crippen MR) is 56.8 cm³/mol. The highest BCUT2D eigenvalue weighted by atomic mass is 79.9. The summed E-state index contributed by atoms with van der Waals surface area (Å²) in [6.07, 6.45) is 2.96. The summed E-state index contributed by atoms with van der Waals surface area (Å²) >= 11 is 3.32. The van der Waals surface area contributed by atoms with Gasteiger partial charge in [0.1, 0.15) is 5.82 Å². The standard InChI is InChI=1S/C8H11BrN4O/c9-6-3-11-8(10)13-7(6)12-4-1-5(14)2-4/h3-5,14H,1-2H2,(H3,10,11,12,13). The second kappa shape index (κ2) is 3.70. The summed E-state index contributed by atoms with van der Waals surface area (Å²) in [4.78, 5) is 7.88. The van der Waals surface area contributed by atoms with Crippen LogP contribution in [-0.2, 0) is 0 Å². The molecule has 4 N–H and O–H groups in total. The lowest BCUT2D eigenvalue weighted by Gasteiger charge is -2.32. The van der Waals surface area contributed by atoms with Gasteiger partial charge in [0, 0.05) is 12.2 Å². The Labute approximate surface area is 89.9 Å².